The van der Waals surface area contributed by atoms with Crippen LogP contribution >= 0.6 is 6.49 Å². The maximum Gasteiger partial charge on any atom is 0.210 e. The van der Waals surface area contributed by atoms with Gasteiger partial charge in [-0.15, -0.1) is 0 Å². The summed E-state index contributed by atoms with van der Waals surface area (Å²) in [7, 11) is 0. The molecular formula is C6H13O4PS. The summed E-state index contributed by atoms with van der Waals surface area (Å²) in [5.41, 5.74) is 0. The Morgan fingerprint density at radius 1 is 1.42 bits per heavy atom. The van der Waals surface area contributed by atoms with Crippen molar-refractivity contribution in [2.75, 3.05) is 19.8 Å². The van der Waals surface area contributed by atoms with Crippen molar-refractivity contribution in [2.45, 2.75) is 6.92 Å². The van der Waals surface area contributed by atoms with E-state index in [4.69, 9.17) is 19.3 Å². The molecule has 0 aromatic rings. The third-order valence-electron chi connectivity index (χ3n) is 0.901. The van der Waals surface area contributed by atoms with Crippen molar-refractivity contribution in [3.8, 4) is 0 Å². The minimum absolute atomic E-state index is 0.389. The number of ether oxygens (including phenoxy) is 2. The van der Waals surface area contributed by atoms with E-state index in [1.54, 1.807) is 0 Å². The Morgan fingerprint density at radius 2 is 2.08 bits per heavy atom. The van der Waals surface area contributed by atoms with Gasteiger partial charge in [0.1, 0.15) is 6.61 Å². The molecule has 0 saturated carbocycles. The van der Waals surface area contributed by atoms with Gasteiger partial charge in [0, 0.05) is 12.4 Å². The van der Waals surface area contributed by atoms with Gasteiger partial charge in [-0.1, -0.05) is 0 Å². The zero-order chi connectivity index (χ0) is 9.45. The van der Waals surface area contributed by atoms with E-state index in [0.717, 1.165) is 5.82 Å². The lowest BCUT2D eigenvalue weighted by atomic mass is 10.7. The molecule has 0 fully saturated rings. The van der Waals surface area contributed by atoms with Gasteiger partial charge in [0.05, 0.1) is 12.9 Å². The highest BCUT2D eigenvalue weighted by Crippen LogP contribution is 2.36. The fourth-order valence-corrected chi connectivity index (χ4v) is 0.835. The molecular weight excluding hydrogens is 199 g/mol. The lowest BCUT2D eigenvalue weighted by Crippen LogP contribution is -1.99. The van der Waals surface area contributed by atoms with Gasteiger partial charge >= 0.3 is 0 Å². The van der Waals surface area contributed by atoms with Crippen LogP contribution in [0.3, 0.4) is 0 Å². The molecule has 0 saturated heterocycles. The topological polar surface area (TPSA) is 58.9 Å². The van der Waals surface area contributed by atoms with Gasteiger partial charge in [0.15, 0.2) is 0 Å². The van der Waals surface area contributed by atoms with E-state index in [9.17, 15) is 0 Å². The molecule has 6 heteroatoms. The van der Waals surface area contributed by atoms with Crippen molar-refractivity contribution in [2.24, 2.45) is 0 Å². The van der Waals surface area contributed by atoms with Crippen LogP contribution in [0.5, 0.6) is 0 Å². The lowest BCUT2D eigenvalue weighted by Gasteiger charge is -2.01. The Morgan fingerprint density at radius 3 is 2.58 bits per heavy atom. The zero-order valence-corrected chi connectivity index (χ0v) is 8.55. The van der Waals surface area contributed by atoms with Crippen molar-refractivity contribution in [1.29, 1.82) is 0 Å². The molecule has 0 spiro atoms. The monoisotopic (exact) mass is 212 g/mol. The molecule has 12 heavy (non-hydrogen) atoms. The van der Waals surface area contributed by atoms with Gasteiger partial charge in [-0.3, -0.25) is 0 Å². The summed E-state index contributed by atoms with van der Waals surface area (Å²) in [5, 5.41) is 0. The smallest absolute Gasteiger partial charge is 0.210 e. The SMILES string of the molecule is CCOCCOC=CP(O)(O)=S. The molecule has 0 aromatic carbocycles. The minimum Gasteiger partial charge on any atom is -0.499 e. The van der Waals surface area contributed by atoms with E-state index < -0.39 is 6.49 Å². The molecule has 2 N–H and O–H groups in total. The molecule has 0 unspecified atom stereocenters. The van der Waals surface area contributed by atoms with Crippen LogP contribution in [0.25, 0.3) is 0 Å². The molecule has 0 aliphatic heterocycles. The van der Waals surface area contributed by atoms with Gasteiger partial charge in [-0.25, -0.2) is 0 Å². The van der Waals surface area contributed by atoms with Crippen molar-refractivity contribution in [1.82, 2.24) is 0 Å². The summed E-state index contributed by atoms with van der Waals surface area (Å²) in [6, 6.07) is 0. The summed E-state index contributed by atoms with van der Waals surface area (Å²) in [6.07, 6.45) is 1.19. The third kappa shape index (κ3) is 10.1. The molecule has 72 valence electrons. The maximum atomic E-state index is 8.70. The Labute approximate surface area is 77.0 Å². The Hall–Kier alpha value is 0.0700. The van der Waals surface area contributed by atoms with Crippen LogP contribution in [0.2, 0.25) is 0 Å². The Balaban J connectivity index is 3.31. The molecule has 0 heterocycles. The number of rotatable bonds is 6. The fourth-order valence-electron chi connectivity index (χ4n) is 0.442. The Bertz CT molecular complexity index is 176. The van der Waals surface area contributed by atoms with Crippen LogP contribution in [0.4, 0.5) is 0 Å². The molecule has 4 nitrogen and oxygen atoms in total. The molecule has 0 aliphatic carbocycles. The molecule has 0 aliphatic rings. The summed E-state index contributed by atoms with van der Waals surface area (Å²) < 4.78 is 9.81. The zero-order valence-electron chi connectivity index (χ0n) is 6.84. The summed E-state index contributed by atoms with van der Waals surface area (Å²) in [6.45, 7) is 0.171. The van der Waals surface area contributed by atoms with Gasteiger partial charge in [-0.2, -0.15) is 0 Å². The minimum atomic E-state index is -3.23. The van der Waals surface area contributed by atoms with Crippen molar-refractivity contribution in [3.63, 3.8) is 0 Å². The second kappa shape index (κ2) is 6.57. The largest absolute Gasteiger partial charge is 0.499 e. The molecule has 0 radical (unpaired) electrons. The van der Waals surface area contributed by atoms with E-state index in [1.165, 1.54) is 6.26 Å². The second-order valence-electron chi connectivity index (χ2n) is 1.94. The average molecular weight is 212 g/mol. The highest BCUT2D eigenvalue weighted by atomic mass is 32.5. The number of hydrogen-bond acceptors (Lipinski definition) is 3. The third-order valence-corrected chi connectivity index (χ3v) is 1.78. The first kappa shape index (κ1) is 12.1. The molecule has 0 aromatic heterocycles. The van der Waals surface area contributed by atoms with Crippen molar-refractivity contribution in [3.05, 3.63) is 12.1 Å². The normalized spacial score (nSPS) is 12.2. The van der Waals surface area contributed by atoms with E-state index in [0.29, 0.717) is 19.8 Å². The van der Waals surface area contributed by atoms with E-state index in [2.05, 4.69) is 11.8 Å². The van der Waals surface area contributed by atoms with Gasteiger partial charge < -0.3 is 19.3 Å². The van der Waals surface area contributed by atoms with Crippen LogP contribution < -0.4 is 0 Å². The first-order valence-electron chi connectivity index (χ1n) is 3.48. The van der Waals surface area contributed by atoms with Crippen LogP contribution in [0, 0.1) is 0 Å². The van der Waals surface area contributed by atoms with Crippen LogP contribution in [-0.2, 0) is 21.3 Å². The van der Waals surface area contributed by atoms with Gasteiger partial charge in [-0.05, 0) is 18.7 Å². The molecule has 0 rings (SSSR count). The fraction of sp³-hybridized carbons (Fsp3) is 0.667. The molecule has 0 amide bonds. The predicted molar refractivity (Wildman–Crippen MR) is 50.3 cm³/mol. The van der Waals surface area contributed by atoms with Gasteiger partial charge in [0.25, 0.3) is 0 Å². The van der Waals surface area contributed by atoms with Gasteiger partial charge in [0.2, 0.25) is 6.49 Å². The summed E-state index contributed by atoms with van der Waals surface area (Å²) in [5.74, 6) is 1.08. The van der Waals surface area contributed by atoms with Crippen molar-refractivity contribution < 1.29 is 19.3 Å². The van der Waals surface area contributed by atoms with Crippen molar-refractivity contribution >= 4 is 18.3 Å². The van der Waals surface area contributed by atoms with E-state index >= 15 is 0 Å². The van der Waals surface area contributed by atoms with Crippen LogP contribution in [-0.4, -0.2) is 29.6 Å². The summed E-state index contributed by atoms with van der Waals surface area (Å²) in [4.78, 5) is 17.4. The summed E-state index contributed by atoms with van der Waals surface area (Å²) >= 11 is 4.31. The first-order valence-corrected chi connectivity index (χ1v) is 6.26. The lowest BCUT2D eigenvalue weighted by molar-refractivity contribution is 0.0933. The number of hydrogen-bond donors (Lipinski definition) is 2. The maximum absolute atomic E-state index is 8.70. The predicted octanol–water partition coefficient (Wildman–Crippen LogP) is 0.805. The standard InChI is InChI=1S/C6H13O4PS/c1-2-9-3-4-10-5-6-11(7,8)12/h5-6H,2-4H2,1H3,(H2,7,8,12). The highest BCUT2D eigenvalue weighted by molar-refractivity contribution is 8.10. The van der Waals surface area contributed by atoms with E-state index in [-0.39, 0.29) is 0 Å². The highest BCUT2D eigenvalue weighted by Gasteiger charge is 1.98. The molecule has 0 bridgehead atoms. The first-order chi connectivity index (χ1) is 5.56. The second-order valence-corrected chi connectivity index (χ2v) is 5.03. The van der Waals surface area contributed by atoms with Crippen LogP contribution in [0.15, 0.2) is 12.1 Å². The van der Waals surface area contributed by atoms with E-state index in [1.807, 2.05) is 6.92 Å². The van der Waals surface area contributed by atoms with Crippen LogP contribution in [0.1, 0.15) is 6.92 Å². The average Bonchev–Trinajstić information content (AvgIpc) is 1.94. The quantitative estimate of drug-likeness (QED) is 0.387. The Kier molecular flexibility index (Phi) is 6.61. The molecule has 0 atom stereocenters.